The lowest BCUT2D eigenvalue weighted by molar-refractivity contribution is 0.281. The van der Waals surface area contributed by atoms with E-state index in [0.717, 1.165) is 12.8 Å². The van der Waals surface area contributed by atoms with Crippen molar-refractivity contribution < 1.29 is 0 Å². The van der Waals surface area contributed by atoms with Crippen LogP contribution >= 0.6 is 0 Å². The predicted octanol–water partition coefficient (Wildman–Crippen LogP) is 2.17. The predicted molar refractivity (Wildman–Crippen MR) is 82.0 cm³/mol. The third-order valence-corrected chi connectivity index (χ3v) is 3.74. The fourth-order valence-corrected chi connectivity index (χ4v) is 2.25. The monoisotopic (exact) mass is 262 g/mol. The average molecular weight is 262 g/mol. The molecule has 1 rings (SSSR count). The molecule has 0 aliphatic rings. The molecule has 0 aliphatic carbocycles. The summed E-state index contributed by atoms with van der Waals surface area (Å²) in [6.45, 7) is 7.11. The number of hydrogen-bond donors (Lipinski definition) is 3. The Labute approximate surface area is 116 Å². The lowest BCUT2D eigenvalue weighted by Gasteiger charge is -2.35. The highest BCUT2D eigenvalue weighted by molar-refractivity contribution is 5.75. The molecule has 1 atom stereocenters. The number of guanidine groups is 1. The molecule has 0 fully saturated rings. The van der Waals surface area contributed by atoms with E-state index in [-0.39, 0.29) is 17.5 Å². The van der Waals surface area contributed by atoms with Gasteiger partial charge in [0, 0.05) is 11.6 Å². The van der Waals surface area contributed by atoms with Gasteiger partial charge in [0.1, 0.15) is 0 Å². The van der Waals surface area contributed by atoms with Gasteiger partial charge in [0.2, 0.25) is 0 Å². The van der Waals surface area contributed by atoms with Crippen molar-refractivity contribution in [2.24, 2.45) is 16.5 Å². The van der Waals surface area contributed by atoms with Crippen LogP contribution in [0, 0.1) is 0 Å². The summed E-state index contributed by atoms with van der Waals surface area (Å²) in [4.78, 5) is 4.20. The fraction of sp³-hybridized carbons (Fsp3) is 0.533. The van der Waals surface area contributed by atoms with Gasteiger partial charge in [0.15, 0.2) is 5.96 Å². The van der Waals surface area contributed by atoms with E-state index in [2.05, 4.69) is 55.3 Å². The van der Waals surface area contributed by atoms with Crippen LogP contribution in [-0.2, 0) is 0 Å². The third kappa shape index (κ3) is 4.56. The van der Waals surface area contributed by atoms with Crippen LogP contribution in [0.2, 0.25) is 0 Å². The van der Waals surface area contributed by atoms with Gasteiger partial charge in [-0.15, -0.1) is 0 Å². The van der Waals surface area contributed by atoms with Crippen LogP contribution in [0.4, 0.5) is 0 Å². The molecule has 1 unspecified atom stereocenters. The molecule has 0 saturated carbocycles. The van der Waals surface area contributed by atoms with Gasteiger partial charge in [0.25, 0.3) is 0 Å². The molecule has 4 heteroatoms. The normalized spacial score (nSPS) is 13.0. The van der Waals surface area contributed by atoms with Crippen LogP contribution in [0.25, 0.3) is 0 Å². The number of aliphatic imine (C=N–C) groups is 1. The van der Waals surface area contributed by atoms with E-state index < -0.39 is 0 Å². The number of nitrogens with one attached hydrogen (secondary N) is 1. The molecule has 0 spiro atoms. The molecule has 106 valence electrons. The van der Waals surface area contributed by atoms with E-state index in [0.29, 0.717) is 6.54 Å². The average Bonchev–Trinajstić information content (AvgIpc) is 2.44. The SMILES string of the molecule is CCC(CC)(CN=C(N)N)NC(C)c1ccccc1. The number of nitrogens with two attached hydrogens (primary N) is 2. The smallest absolute Gasteiger partial charge is 0.185 e. The lowest BCUT2D eigenvalue weighted by atomic mass is 9.91. The Kier molecular flexibility index (Phi) is 5.83. The van der Waals surface area contributed by atoms with Crippen molar-refractivity contribution >= 4 is 5.96 Å². The molecule has 0 heterocycles. The highest BCUT2D eigenvalue weighted by atomic mass is 15.1. The molecule has 0 aromatic heterocycles. The first-order valence-corrected chi connectivity index (χ1v) is 6.91. The summed E-state index contributed by atoms with van der Waals surface area (Å²) in [5.41, 5.74) is 12.1. The zero-order valence-electron chi connectivity index (χ0n) is 12.2. The Hall–Kier alpha value is -1.55. The van der Waals surface area contributed by atoms with Gasteiger partial charge in [-0.25, -0.2) is 0 Å². The van der Waals surface area contributed by atoms with Gasteiger partial charge < -0.3 is 16.8 Å². The molecule has 0 radical (unpaired) electrons. The molecule has 1 aromatic rings. The van der Waals surface area contributed by atoms with Crippen LogP contribution in [0.1, 0.15) is 45.2 Å². The Bertz CT molecular complexity index is 392. The maximum absolute atomic E-state index is 5.45. The van der Waals surface area contributed by atoms with Gasteiger partial charge in [0.05, 0.1) is 6.54 Å². The van der Waals surface area contributed by atoms with Crippen LogP contribution in [0.3, 0.4) is 0 Å². The van der Waals surface area contributed by atoms with E-state index in [4.69, 9.17) is 11.5 Å². The minimum absolute atomic E-state index is 0.0563. The quantitative estimate of drug-likeness (QED) is 0.520. The highest BCUT2D eigenvalue weighted by Crippen LogP contribution is 2.22. The lowest BCUT2D eigenvalue weighted by Crippen LogP contribution is -2.48. The van der Waals surface area contributed by atoms with Crippen molar-refractivity contribution in [2.45, 2.75) is 45.2 Å². The molecule has 0 bridgehead atoms. The molecule has 0 aliphatic heterocycles. The van der Waals surface area contributed by atoms with Crippen LogP contribution in [-0.4, -0.2) is 18.0 Å². The topological polar surface area (TPSA) is 76.4 Å². The Balaban J connectivity index is 2.80. The molecular formula is C15H26N4. The van der Waals surface area contributed by atoms with Gasteiger partial charge in [-0.05, 0) is 25.3 Å². The summed E-state index contributed by atoms with van der Waals surface area (Å²) < 4.78 is 0. The fourth-order valence-electron chi connectivity index (χ4n) is 2.25. The van der Waals surface area contributed by atoms with Crippen LogP contribution in [0.5, 0.6) is 0 Å². The summed E-state index contributed by atoms with van der Waals surface area (Å²) in [5.74, 6) is 0.153. The summed E-state index contributed by atoms with van der Waals surface area (Å²) in [6, 6.07) is 10.7. The largest absolute Gasteiger partial charge is 0.370 e. The van der Waals surface area contributed by atoms with Gasteiger partial charge in [-0.3, -0.25) is 4.99 Å². The zero-order chi connectivity index (χ0) is 14.3. The molecular weight excluding hydrogens is 236 g/mol. The highest BCUT2D eigenvalue weighted by Gasteiger charge is 2.27. The van der Waals surface area contributed by atoms with E-state index in [9.17, 15) is 0 Å². The Morgan fingerprint density at radius 2 is 1.79 bits per heavy atom. The second-order valence-corrected chi connectivity index (χ2v) is 5.01. The third-order valence-electron chi connectivity index (χ3n) is 3.74. The van der Waals surface area contributed by atoms with Crippen molar-refractivity contribution in [1.82, 2.24) is 5.32 Å². The van der Waals surface area contributed by atoms with Crippen LogP contribution in [0.15, 0.2) is 35.3 Å². The van der Waals surface area contributed by atoms with E-state index in [1.165, 1.54) is 5.56 Å². The summed E-state index contributed by atoms with van der Waals surface area (Å²) in [6.07, 6.45) is 1.97. The van der Waals surface area contributed by atoms with Crippen molar-refractivity contribution in [3.63, 3.8) is 0 Å². The van der Waals surface area contributed by atoms with Crippen molar-refractivity contribution in [3.8, 4) is 0 Å². The molecule has 0 saturated heterocycles. The zero-order valence-corrected chi connectivity index (χ0v) is 12.2. The maximum Gasteiger partial charge on any atom is 0.185 e. The number of hydrogen-bond acceptors (Lipinski definition) is 2. The number of benzene rings is 1. The van der Waals surface area contributed by atoms with E-state index >= 15 is 0 Å². The number of rotatable bonds is 7. The molecule has 0 amide bonds. The van der Waals surface area contributed by atoms with Gasteiger partial charge in [-0.1, -0.05) is 44.2 Å². The van der Waals surface area contributed by atoms with E-state index in [1.54, 1.807) is 0 Å². The minimum Gasteiger partial charge on any atom is -0.370 e. The summed E-state index contributed by atoms with van der Waals surface area (Å²) in [5, 5.41) is 3.68. The maximum atomic E-state index is 5.45. The Morgan fingerprint density at radius 3 is 2.26 bits per heavy atom. The van der Waals surface area contributed by atoms with E-state index in [1.807, 2.05) is 6.07 Å². The van der Waals surface area contributed by atoms with Crippen molar-refractivity contribution in [3.05, 3.63) is 35.9 Å². The number of nitrogens with zero attached hydrogens (tertiary/aromatic N) is 1. The van der Waals surface area contributed by atoms with Gasteiger partial charge >= 0.3 is 0 Å². The first-order chi connectivity index (χ1) is 9.03. The summed E-state index contributed by atoms with van der Waals surface area (Å²) >= 11 is 0. The minimum atomic E-state index is -0.0563. The second kappa shape index (κ2) is 7.14. The van der Waals surface area contributed by atoms with Crippen molar-refractivity contribution in [1.29, 1.82) is 0 Å². The first-order valence-electron chi connectivity index (χ1n) is 6.91. The van der Waals surface area contributed by atoms with Gasteiger partial charge in [-0.2, -0.15) is 0 Å². The van der Waals surface area contributed by atoms with Crippen molar-refractivity contribution in [2.75, 3.05) is 6.54 Å². The molecule has 5 N–H and O–H groups in total. The second-order valence-electron chi connectivity index (χ2n) is 5.01. The summed E-state index contributed by atoms with van der Waals surface area (Å²) in [7, 11) is 0. The van der Waals surface area contributed by atoms with Crippen LogP contribution < -0.4 is 16.8 Å². The molecule has 4 nitrogen and oxygen atoms in total. The molecule has 19 heavy (non-hydrogen) atoms. The molecule has 1 aromatic carbocycles. The standard InChI is InChI=1S/C15H26N4/c1-4-15(5-2,11-18-14(16)17)19-12(3)13-9-7-6-8-10-13/h6-10,12,19H,4-5,11H2,1-3H3,(H4,16,17,18). The Morgan fingerprint density at radius 1 is 1.21 bits per heavy atom. The first kappa shape index (κ1) is 15.5.